The molecule has 76 valence electrons. The smallest absolute Gasteiger partial charge is 0.280 e. The number of aryl methyl sites for hydroxylation is 1. The van der Waals surface area contributed by atoms with E-state index in [-0.39, 0.29) is 5.69 Å². The van der Waals surface area contributed by atoms with Crippen LogP contribution in [-0.2, 0) is 0 Å². The van der Waals surface area contributed by atoms with Gasteiger partial charge < -0.3 is 4.42 Å². The molecule has 1 aromatic carbocycles. The Morgan fingerprint density at radius 3 is 2.73 bits per heavy atom. The van der Waals surface area contributed by atoms with Crippen molar-refractivity contribution >= 4 is 5.69 Å². The predicted molar refractivity (Wildman–Crippen MR) is 53.3 cm³/mol. The summed E-state index contributed by atoms with van der Waals surface area (Å²) in [6.45, 7) is 1.69. The zero-order chi connectivity index (χ0) is 10.8. The van der Waals surface area contributed by atoms with Crippen molar-refractivity contribution in [2.75, 3.05) is 0 Å². The molecular formula is C10H8N2O3. The first kappa shape index (κ1) is 9.39. The second-order valence-electron chi connectivity index (χ2n) is 3.02. The summed E-state index contributed by atoms with van der Waals surface area (Å²) in [5.74, 6) is 0.906. The number of hydrogen-bond acceptors (Lipinski definition) is 4. The lowest BCUT2D eigenvalue weighted by molar-refractivity contribution is -0.384. The maximum absolute atomic E-state index is 10.7. The summed E-state index contributed by atoms with van der Waals surface area (Å²) in [7, 11) is 0. The standard InChI is InChI=1S/C10H8N2O3/c1-7-11-6-10(15-7)8-4-2-3-5-9(8)12(13)14/h2-6H,1H3. The molecule has 1 heterocycles. The van der Waals surface area contributed by atoms with E-state index in [1.54, 1.807) is 25.1 Å². The third kappa shape index (κ3) is 1.71. The maximum atomic E-state index is 10.7. The molecule has 0 aliphatic rings. The number of nitro benzene ring substituents is 1. The zero-order valence-electron chi connectivity index (χ0n) is 8.01. The van der Waals surface area contributed by atoms with E-state index < -0.39 is 4.92 Å². The van der Waals surface area contributed by atoms with Gasteiger partial charge >= 0.3 is 0 Å². The number of oxazole rings is 1. The van der Waals surface area contributed by atoms with Crippen LogP contribution in [0.1, 0.15) is 5.89 Å². The van der Waals surface area contributed by atoms with Crippen molar-refractivity contribution in [3.63, 3.8) is 0 Å². The molecule has 0 amide bonds. The SMILES string of the molecule is Cc1ncc(-c2ccccc2[N+](=O)[O-])o1. The third-order valence-corrected chi connectivity index (χ3v) is 1.99. The van der Waals surface area contributed by atoms with Crippen LogP contribution in [0.3, 0.4) is 0 Å². The molecule has 0 fully saturated rings. The normalized spacial score (nSPS) is 10.2. The highest BCUT2D eigenvalue weighted by Crippen LogP contribution is 2.29. The number of aromatic nitrogens is 1. The van der Waals surface area contributed by atoms with E-state index in [1.165, 1.54) is 12.3 Å². The minimum Gasteiger partial charge on any atom is -0.441 e. The summed E-state index contributed by atoms with van der Waals surface area (Å²) in [4.78, 5) is 14.2. The van der Waals surface area contributed by atoms with E-state index in [0.29, 0.717) is 17.2 Å². The van der Waals surface area contributed by atoms with Crippen LogP contribution in [0.2, 0.25) is 0 Å². The molecule has 15 heavy (non-hydrogen) atoms. The molecule has 2 aromatic rings. The Kier molecular flexibility index (Phi) is 2.21. The molecule has 0 aliphatic heterocycles. The van der Waals surface area contributed by atoms with E-state index >= 15 is 0 Å². The summed E-state index contributed by atoms with van der Waals surface area (Å²) in [6, 6.07) is 6.41. The van der Waals surface area contributed by atoms with E-state index in [1.807, 2.05) is 0 Å². The van der Waals surface area contributed by atoms with Gasteiger partial charge in [-0.3, -0.25) is 10.1 Å². The van der Waals surface area contributed by atoms with Gasteiger partial charge in [0.2, 0.25) is 0 Å². The van der Waals surface area contributed by atoms with Crippen molar-refractivity contribution in [3.05, 3.63) is 46.5 Å². The van der Waals surface area contributed by atoms with Gasteiger partial charge in [-0.2, -0.15) is 0 Å². The highest BCUT2D eigenvalue weighted by Gasteiger charge is 2.16. The first-order valence-corrected chi connectivity index (χ1v) is 4.34. The molecule has 0 N–H and O–H groups in total. The van der Waals surface area contributed by atoms with Crippen LogP contribution in [0.4, 0.5) is 5.69 Å². The van der Waals surface area contributed by atoms with Crippen LogP contribution in [0.25, 0.3) is 11.3 Å². The summed E-state index contributed by atoms with van der Waals surface area (Å²) in [5, 5.41) is 10.7. The summed E-state index contributed by atoms with van der Waals surface area (Å²) < 4.78 is 5.24. The molecule has 0 spiro atoms. The zero-order valence-corrected chi connectivity index (χ0v) is 8.01. The second-order valence-corrected chi connectivity index (χ2v) is 3.02. The maximum Gasteiger partial charge on any atom is 0.280 e. The predicted octanol–water partition coefficient (Wildman–Crippen LogP) is 2.56. The fourth-order valence-electron chi connectivity index (χ4n) is 1.33. The van der Waals surface area contributed by atoms with Gasteiger partial charge in [0.25, 0.3) is 5.69 Å². The monoisotopic (exact) mass is 204 g/mol. The first-order valence-electron chi connectivity index (χ1n) is 4.34. The van der Waals surface area contributed by atoms with Crippen molar-refractivity contribution in [1.82, 2.24) is 4.98 Å². The molecule has 0 bridgehead atoms. The van der Waals surface area contributed by atoms with Gasteiger partial charge in [-0.15, -0.1) is 0 Å². The Bertz CT molecular complexity index is 505. The van der Waals surface area contributed by atoms with Gasteiger partial charge in [-0.1, -0.05) is 12.1 Å². The molecule has 1 aromatic heterocycles. The largest absolute Gasteiger partial charge is 0.441 e. The first-order chi connectivity index (χ1) is 7.18. The van der Waals surface area contributed by atoms with Crippen LogP contribution in [-0.4, -0.2) is 9.91 Å². The molecule has 2 rings (SSSR count). The molecule has 0 atom stereocenters. The molecular weight excluding hydrogens is 196 g/mol. The Morgan fingerprint density at radius 1 is 1.40 bits per heavy atom. The molecule has 0 aliphatic carbocycles. The van der Waals surface area contributed by atoms with E-state index in [2.05, 4.69) is 4.98 Å². The molecule has 0 radical (unpaired) electrons. The summed E-state index contributed by atoms with van der Waals surface area (Å²) in [6.07, 6.45) is 1.48. The van der Waals surface area contributed by atoms with Gasteiger partial charge in [0, 0.05) is 13.0 Å². The Hall–Kier alpha value is -2.17. The number of benzene rings is 1. The topological polar surface area (TPSA) is 69.2 Å². The van der Waals surface area contributed by atoms with E-state index in [9.17, 15) is 10.1 Å². The lowest BCUT2D eigenvalue weighted by Crippen LogP contribution is -1.90. The Morgan fingerprint density at radius 2 is 2.13 bits per heavy atom. The summed E-state index contributed by atoms with van der Waals surface area (Å²) in [5.41, 5.74) is 0.469. The van der Waals surface area contributed by atoms with Gasteiger partial charge in [0.15, 0.2) is 11.7 Å². The van der Waals surface area contributed by atoms with Gasteiger partial charge in [-0.25, -0.2) is 4.98 Å². The lowest BCUT2D eigenvalue weighted by Gasteiger charge is -1.97. The van der Waals surface area contributed by atoms with Gasteiger partial charge in [-0.05, 0) is 6.07 Å². The Labute approximate surface area is 85.5 Å². The van der Waals surface area contributed by atoms with Crippen molar-refractivity contribution in [2.45, 2.75) is 6.92 Å². The van der Waals surface area contributed by atoms with Crippen LogP contribution >= 0.6 is 0 Å². The molecule has 0 saturated carbocycles. The van der Waals surface area contributed by atoms with Crippen LogP contribution in [0.5, 0.6) is 0 Å². The van der Waals surface area contributed by atoms with E-state index in [4.69, 9.17) is 4.42 Å². The summed E-state index contributed by atoms with van der Waals surface area (Å²) >= 11 is 0. The quantitative estimate of drug-likeness (QED) is 0.556. The molecule has 0 saturated heterocycles. The van der Waals surface area contributed by atoms with Crippen molar-refractivity contribution in [1.29, 1.82) is 0 Å². The third-order valence-electron chi connectivity index (χ3n) is 1.99. The molecule has 5 heteroatoms. The minimum atomic E-state index is -0.437. The number of nitro groups is 1. The van der Waals surface area contributed by atoms with Gasteiger partial charge in [0.05, 0.1) is 16.7 Å². The number of nitrogens with zero attached hydrogens (tertiary/aromatic N) is 2. The minimum absolute atomic E-state index is 0.0219. The fourth-order valence-corrected chi connectivity index (χ4v) is 1.33. The van der Waals surface area contributed by atoms with Crippen molar-refractivity contribution < 1.29 is 9.34 Å². The Balaban J connectivity index is 2.57. The number of hydrogen-bond donors (Lipinski definition) is 0. The lowest BCUT2D eigenvalue weighted by atomic mass is 10.1. The molecule has 0 unspecified atom stereocenters. The van der Waals surface area contributed by atoms with Gasteiger partial charge in [0.1, 0.15) is 0 Å². The average Bonchev–Trinajstić information content (AvgIpc) is 2.65. The molecule has 5 nitrogen and oxygen atoms in total. The van der Waals surface area contributed by atoms with Crippen LogP contribution in [0.15, 0.2) is 34.9 Å². The fraction of sp³-hybridized carbons (Fsp3) is 0.100. The average molecular weight is 204 g/mol. The number of rotatable bonds is 2. The second kappa shape index (κ2) is 3.53. The van der Waals surface area contributed by atoms with Crippen LogP contribution in [0, 0.1) is 17.0 Å². The number of para-hydroxylation sites is 1. The van der Waals surface area contributed by atoms with Crippen molar-refractivity contribution in [2.24, 2.45) is 0 Å². The highest BCUT2D eigenvalue weighted by atomic mass is 16.6. The highest BCUT2D eigenvalue weighted by molar-refractivity contribution is 5.68. The van der Waals surface area contributed by atoms with Crippen molar-refractivity contribution in [3.8, 4) is 11.3 Å². The van der Waals surface area contributed by atoms with Crippen LogP contribution < -0.4 is 0 Å². The van der Waals surface area contributed by atoms with E-state index in [0.717, 1.165) is 0 Å².